The third-order valence-electron chi connectivity index (χ3n) is 1.93. The number of carbonyl (C=O) groups excluding carboxylic acids is 1. The molecule has 0 radical (unpaired) electrons. The maximum atomic E-state index is 12.2. The van der Waals surface area contributed by atoms with Crippen molar-refractivity contribution < 1.29 is 27.4 Å². The summed E-state index contributed by atoms with van der Waals surface area (Å²) in [6, 6.07) is 1.30. The van der Waals surface area contributed by atoms with Crippen LogP contribution in [0.1, 0.15) is 23.0 Å². The molecular weight excluding hydrogens is 380 g/mol. The molecule has 1 rings (SSSR count). The lowest BCUT2D eigenvalue weighted by Gasteiger charge is -2.13. The lowest BCUT2D eigenvalue weighted by molar-refractivity contribution is -0.276. The molecule has 5 nitrogen and oxygen atoms in total. The van der Waals surface area contributed by atoms with Crippen molar-refractivity contribution in [3.8, 4) is 5.88 Å². The molecule has 9 heteroatoms. The molecule has 0 spiro atoms. The van der Waals surface area contributed by atoms with Gasteiger partial charge >= 0.3 is 12.3 Å². The highest BCUT2D eigenvalue weighted by atomic mass is 127. The second-order valence-corrected chi connectivity index (χ2v) is 4.41. The zero-order valence-corrected chi connectivity index (χ0v) is 11.9. The number of ether oxygens (including phenoxy) is 2. The van der Waals surface area contributed by atoms with Crippen molar-refractivity contribution in [2.45, 2.75) is 19.8 Å². The molecule has 0 bridgehead atoms. The van der Waals surface area contributed by atoms with Gasteiger partial charge in [-0.3, -0.25) is 0 Å². The van der Waals surface area contributed by atoms with Crippen LogP contribution in [0.15, 0.2) is 6.07 Å². The lowest BCUT2D eigenvalue weighted by atomic mass is 10.2. The van der Waals surface area contributed by atoms with E-state index in [1.165, 1.54) is 6.07 Å². The smallest absolute Gasteiger partial charge is 0.461 e. The standard InChI is InChI=1S/C10H10F3IN2O3/c1-2-18-9(17)7-3-6(14)5(4-15)8(16-7)19-10(11,12)13/h3H,2,4,15H2,1H3. The minimum absolute atomic E-state index is 0.0750. The van der Waals surface area contributed by atoms with E-state index in [0.717, 1.165) is 0 Å². The largest absolute Gasteiger partial charge is 0.574 e. The van der Waals surface area contributed by atoms with E-state index >= 15 is 0 Å². The molecule has 0 aliphatic heterocycles. The molecule has 0 aromatic carbocycles. The first-order valence-electron chi connectivity index (χ1n) is 5.10. The van der Waals surface area contributed by atoms with Crippen molar-refractivity contribution in [2.75, 3.05) is 6.61 Å². The topological polar surface area (TPSA) is 74.4 Å². The Morgan fingerprint density at radius 2 is 2.16 bits per heavy atom. The Morgan fingerprint density at radius 1 is 1.53 bits per heavy atom. The predicted octanol–water partition coefficient (Wildman–Crippen LogP) is 2.22. The van der Waals surface area contributed by atoms with Gasteiger partial charge in [-0.05, 0) is 35.6 Å². The molecule has 106 valence electrons. The highest BCUT2D eigenvalue weighted by Gasteiger charge is 2.33. The summed E-state index contributed by atoms with van der Waals surface area (Å²) < 4.78 is 45.5. The zero-order chi connectivity index (χ0) is 14.6. The van der Waals surface area contributed by atoms with E-state index in [4.69, 9.17) is 5.73 Å². The van der Waals surface area contributed by atoms with E-state index in [-0.39, 0.29) is 24.4 Å². The Bertz CT molecular complexity index is 480. The molecular formula is C10H10F3IN2O3. The molecule has 0 aliphatic rings. The van der Waals surface area contributed by atoms with Gasteiger partial charge in [-0.25, -0.2) is 9.78 Å². The molecule has 0 saturated carbocycles. The van der Waals surface area contributed by atoms with E-state index in [1.807, 2.05) is 0 Å². The zero-order valence-electron chi connectivity index (χ0n) is 9.75. The number of aromatic nitrogens is 1. The van der Waals surface area contributed by atoms with Gasteiger partial charge < -0.3 is 15.2 Å². The SMILES string of the molecule is CCOC(=O)c1cc(I)c(CN)c(OC(F)(F)F)n1. The number of rotatable bonds is 4. The number of nitrogens with two attached hydrogens (primary N) is 1. The van der Waals surface area contributed by atoms with Crippen LogP contribution in [0.5, 0.6) is 5.88 Å². The van der Waals surface area contributed by atoms with Gasteiger partial charge in [0.1, 0.15) is 0 Å². The number of alkyl halides is 3. The normalized spacial score (nSPS) is 11.3. The number of pyridine rings is 1. The van der Waals surface area contributed by atoms with Crippen LogP contribution >= 0.6 is 22.6 Å². The minimum Gasteiger partial charge on any atom is -0.461 e. The van der Waals surface area contributed by atoms with Crippen molar-refractivity contribution >= 4 is 28.6 Å². The molecule has 2 N–H and O–H groups in total. The molecule has 0 fully saturated rings. The molecule has 1 aromatic heterocycles. The monoisotopic (exact) mass is 390 g/mol. The van der Waals surface area contributed by atoms with Crippen LogP contribution in [0, 0.1) is 3.57 Å². The van der Waals surface area contributed by atoms with Crippen LogP contribution in [0.2, 0.25) is 0 Å². The number of nitrogens with zero attached hydrogens (tertiary/aromatic N) is 1. The van der Waals surface area contributed by atoms with Crippen LogP contribution in [-0.4, -0.2) is 23.9 Å². The lowest BCUT2D eigenvalue weighted by Crippen LogP contribution is -2.21. The average molecular weight is 390 g/mol. The van der Waals surface area contributed by atoms with Gasteiger partial charge in [0.2, 0.25) is 5.88 Å². The molecule has 0 amide bonds. The Morgan fingerprint density at radius 3 is 2.63 bits per heavy atom. The summed E-state index contributed by atoms with van der Waals surface area (Å²) in [5.74, 6) is -1.55. The second kappa shape index (κ2) is 6.37. The first-order valence-corrected chi connectivity index (χ1v) is 6.18. The van der Waals surface area contributed by atoms with Gasteiger partial charge in [0, 0.05) is 15.7 Å². The Kier molecular flexibility index (Phi) is 5.35. The van der Waals surface area contributed by atoms with Crippen LogP contribution < -0.4 is 10.5 Å². The third-order valence-corrected chi connectivity index (χ3v) is 2.90. The summed E-state index contributed by atoms with van der Waals surface area (Å²) >= 11 is 1.75. The third kappa shape index (κ3) is 4.49. The van der Waals surface area contributed by atoms with Crippen molar-refractivity contribution in [1.82, 2.24) is 4.98 Å². The fourth-order valence-corrected chi connectivity index (χ4v) is 1.95. The molecule has 1 aromatic rings. The van der Waals surface area contributed by atoms with Crippen molar-refractivity contribution in [3.05, 3.63) is 20.9 Å². The van der Waals surface area contributed by atoms with Gasteiger partial charge in [0.15, 0.2) is 5.69 Å². The van der Waals surface area contributed by atoms with Gasteiger partial charge in [-0.15, -0.1) is 13.2 Å². The Labute approximate surface area is 120 Å². The summed E-state index contributed by atoms with van der Waals surface area (Å²) in [6.45, 7) is 1.47. The Balaban J connectivity index is 3.22. The summed E-state index contributed by atoms with van der Waals surface area (Å²) in [7, 11) is 0. The van der Waals surface area contributed by atoms with Gasteiger partial charge in [-0.2, -0.15) is 0 Å². The molecule has 0 aliphatic carbocycles. The number of esters is 1. The van der Waals surface area contributed by atoms with Crippen molar-refractivity contribution in [3.63, 3.8) is 0 Å². The quantitative estimate of drug-likeness (QED) is 0.631. The van der Waals surface area contributed by atoms with E-state index in [1.54, 1.807) is 29.5 Å². The summed E-state index contributed by atoms with van der Waals surface area (Å²) in [5.41, 5.74) is 5.16. The molecule has 1 heterocycles. The minimum atomic E-state index is -4.91. The van der Waals surface area contributed by atoms with Gasteiger partial charge in [0.05, 0.1) is 6.61 Å². The second-order valence-electron chi connectivity index (χ2n) is 3.25. The van der Waals surface area contributed by atoms with Crippen LogP contribution in [0.25, 0.3) is 0 Å². The summed E-state index contributed by atoms with van der Waals surface area (Å²) in [6.07, 6.45) is -4.91. The summed E-state index contributed by atoms with van der Waals surface area (Å²) in [4.78, 5) is 15.0. The number of hydrogen-bond acceptors (Lipinski definition) is 5. The number of hydrogen-bond donors (Lipinski definition) is 1. The summed E-state index contributed by atoms with van der Waals surface area (Å²) in [5, 5.41) is 0. The van der Waals surface area contributed by atoms with Crippen molar-refractivity contribution in [1.29, 1.82) is 0 Å². The van der Waals surface area contributed by atoms with Crippen LogP contribution in [0.3, 0.4) is 0 Å². The Hall–Kier alpha value is -1.10. The first-order chi connectivity index (χ1) is 8.78. The van der Waals surface area contributed by atoms with E-state index in [2.05, 4.69) is 14.5 Å². The number of halogens is 4. The first kappa shape index (κ1) is 16.0. The van der Waals surface area contributed by atoms with E-state index < -0.39 is 18.2 Å². The highest BCUT2D eigenvalue weighted by Crippen LogP contribution is 2.28. The van der Waals surface area contributed by atoms with Crippen LogP contribution in [-0.2, 0) is 11.3 Å². The van der Waals surface area contributed by atoms with Gasteiger partial charge in [0.25, 0.3) is 0 Å². The van der Waals surface area contributed by atoms with E-state index in [0.29, 0.717) is 3.57 Å². The fraction of sp³-hybridized carbons (Fsp3) is 0.400. The number of carbonyl (C=O) groups is 1. The molecule has 19 heavy (non-hydrogen) atoms. The van der Waals surface area contributed by atoms with Crippen LogP contribution in [0.4, 0.5) is 13.2 Å². The molecule has 0 atom stereocenters. The average Bonchev–Trinajstić information content (AvgIpc) is 2.26. The maximum Gasteiger partial charge on any atom is 0.574 e. The van der Waals surface area contributed by atoms with Gasteiger partial charge in [-0.1, -0.05) is 0 Å². The molecule has 0 unspecified atom stereocenters. The maximum absolute atomic E-state index is 12.2. The van der Waals surface area contributed by atoms with E-state index in [9.17, 15) is 18.0 Å². The highest BCUT2D eigenvalue weighted by molar-refractivity contribution is 14.1. The van der Waals surface area contributed by atoms with Crippen molar-refractivity contribution in [2.24, 2.45) is 5.73 Å². The fourth-order valence-electron chi connectivity index (χ4n) is 1.21. The predicted molar refractivity (Wildman–Crippen MR) is 67.5 cm³/mol. The molecule has 0 saturated heterocycles.